The highest BCUT2D eigenvalue weighted by atomic mass is 32.2. The van der Waals surface area contributed by atoms with E-state index in [-0.39, 0.29) is 11.9 Å². The van der Waals surface area contributed by atoms with Gasteiger partial charge in [0.25, 0.3) is 0 Å². The summed E-state index contributed by atoms with van der Waals surface area (Å²) in [7, 11) is 0. The third-order valence-corrected chi connectivity index (χ3v) is 4.76. The first kappa shape index (κ1) is 10.4. The van der Waals surface area contributed by atoms with Crippen LogP contribution in [-0.2, 0) is 0 Å². The van der Waals surface area contributed by atoms with Crippen LogP contribution in [0.1, 0.15) is 28.3 Å². The van der Waals surface area contributed by atoms with Crippen molar-refractivity contribution in [2.24, 2.45) is 0 Å². The number of carbonyl (C=O) groups is 1. The summed E-state index contributed by atoms with van der Waals surface area (Å²) in [6, 6.07) is 4.10. The molecular formula is C15H12O2S. The number of Topliss-reactive ketones (excluding diaryl/α,β-unsaturated/α-hetero) is 1. The maximum atomic E-state index is 11.9. The zero-order valence-electron chi connectivity index (χ0n) is 9.76. The number of fused-ring (bicyclic) bond motifs is 4. The lowest BCUT2D eigenvalue weighted by molar-refractivity contribution is 0.0984. The predicted molar refractivity (Wildman–Crippen MR) is 71.6 cm³/mol. The largest absolute Gasteiger partial charge is 0.485 e. The Morgan fingerprint density at radius 3 is 3.06 bits per heavy atom. The van der Waals surface area contributed by atoms with Crippen LogP contribution in [0.15, 0.2) is 41.3 Å². The van der Waals surface area contributed by atoms with Gasteiger partial charge in [-0.25, -0.2) is 0 Å². The lowest BCUT2D eigenvalue weighted by Gasteiger charge is -2.16. The van der Waals surface area contributed by atoms with E-state index < -0.39 is 0 Å². The fraction of sp³-hybridized carbons (Fsp3) is 0.267. The summed E-state index contributed by atoms with van der Waals surface area (Å²) in [5, 5.41) is 0. The minimum absolute atomic E-state index is 0.106. The van der Waals surface area contributed by atoms with Crippen LogP contribution in [0.2, 0.25) is 0 Å². The number of ketones is 1. The molecular weight excluding hydrogens is 244 g/mol. The Balaban J connectivity index is 1.86. The summed E-state index contributed by atoms with van der Waals surface area (Å²) in [4.78, 5) is 13.0. The molecule has 4 rings (SSSR count). The molecule has 2 nitrogen and oxygen atoms in total. The average Bonchev–Trinajstić information content (AvgIpc) is 2.75. The van der Waals surface area contributed by atoms with Gasteiger partial charge in [-0.05, 0) is 18.2 Å². The topological polar surface area (TPSA) is 26.3 Å². The van der Waals surface area contributed by atoms with E-state index >= 15 is 0 Å². The van der Waals surface area contributed by atoms with Crippen molar-refractivity contribution < 1.29 is 9.53 Å². The van der Waals surface area contributed by atoms with Crippen LogP contribution in [-0.4, -0.2) is 17.6 Å². The van der Waals surface area contributed by atoms with Crippen molar-refractivity contribution in [2.45, 2.75) is 23.3 Å². The minimum Gasteiger partial charge on any atom is -0.485 e. The number of hydrogen-bond acceptors (Lipinski definition) is 3. The number of ether oxygens (including phenoxy) is 1. The van der Waals surface area contributed by atoms with E-state index in [0.29, 0.717) is 12.3 Å². The summed E-state index contributed by atoms with van der Waals surface area (Å²) < 4.78 is 5.93. The molecule has 0 saturated carbocycles. The van der Waals surface area contributed by atoms with Gasteiger partial charge < -0.3 is 4.74 Å². The first-order valence-corrected chi connectivity index (χ1v) is 7.17. The van der Waals surface area contributed by atoms with E-state index in [4.69, 9.17) is 4.74 Å². The zero-order valence-corrected chi connectivity index (χ0v) is 10.6. The van der Waals surface area contributed by atoms with Crippen molar-refractivity contribution in [3.8, 4) is 5.75 Å². The van der Waals surface area contributed by atoms with E-state index in [1.807, 2.05) is 12.1 Å². The molecule has 1 aliphatic carbocycles. The van der Waals surface area contributed by atoms with Crippen LogP contribution in [0, 0.1) is 0 Å². The second kappa shape index (κ2) is 3.75. The standard InChI is InChI=1S/C15H12O2S/c16-12-5-6-18-15-8-10-9-3-1-2-4-13(9)17-14(10)7-11(12)15/h1-4,7-9,13H,5-6H2. The first-order chi connectivity index (χ1) is 8.83. The van der Waals surface area contributed by atoms with Crippen LogP contribution in [0.3, 0.4) is 0 Å². The summed E-state index contributed by atoms with van der Waals surface area (Å²) in [5.74, 6) is 2.34. The highest BCUT2D eigenvalue weighted by molar-refractivity contribution is 7.99. The molecule has 2 heterocycles. The number of allylic oxidation sites excluding steroid dienone is 2. The minimum atomic E-state index is 0.106. The smallest absolute Gasteiger partial charge is 0.164 e. The van der Waals surface area contributed by atoms with Crippen molar-refractivity contribution >= 4 is 17.5 Å². The highest BCUT2D eigenvalue weighted by Gasteiger charge is 2.34. The monoisotopic (exact) mass is 256 g/mol. The average molecular weight is 256 g/mol. The van der Waals surface area contributed by atoms with Gasteiger partial charge >= 0.3 is 0 Å². The van der Waals surface area contributed by atoms with E-state index in [0.717, 1.165) is 22.0 Å². The highest BCUT2D eigenvalue weighted by Crippen LogP contribution is 2.45. The van der Waals surface area contributed by atoms with Crippen molar-refractivity contribution in [1.29, 1.82) is 0 Å². The molecule has 2 aliphatic heterocycles. The third-order valence-electron chi connectivity index (χ3n) is 3.71. The first-order valence-electron chi connectivity index (χ1n) is 6.18. The maximum absolute atomic E-state index is 11.9. The molecule has 1 aromatic rings. The number of carbonyl (C=O) groups excluding carboxylic acids is 1. The van der Waals surface area contributed by atoms with Gasteiger partial charge in [0.2, 0.25) is 0 Å². The third kappa shape index (κ3) is 1.40. The quantitative estimate of drug-likeness (QED) is 0.712. The van der Waals surface area contributed by atoms with E-state index in [1.54, 1.807) is 11.8 Å². The molecule has 90 valence electrons. The van der Waals surface area contributed by atoms with E-state index in [9.17, 15) is 4.79 Å². The second-order valence-corrected chi connectivity index (χ2v) is 5.92. The molecule has 3 heteroatoms. The van der Waals surface area contributed by atoms with Crippen LogP contribution < -0.4 is 4.74 Å². The van der Waals surface area contributed by atoms with Crippen LogP contribution in [0.5, 0.6) is 5.75 Å². The van der Waals surface area contributed by atoms with E-state index in [2.05, 4.69) is 24.3 Å². The maximum Gasteiger partial charge on any atom is 0.164 e. The van der Waals surface area contributed by atoms with Gasteiger partial charge in [0.15, 0.2) is 5.78 Å². The molecule has 18 heavy (non-hydrogen) atoms. The second-order valence-electron chi connectivity index (χ2n) is 4.79. The molecule has 0 aromatic heterocycles. The summed E-state index contributed by atoms with van der Waals surface area (Å²) in [5.41, 5.74) is 2.07. The van der Waals surface area contributed by atoms with Gasteiger partial charge in [-0.1, -0.05) is 18.2 Å². The number of thioether (sulfide) groups is 1. The summed E-state index contributed by atoms with van der Waals surface area (Å²) in [6.45, 7) is 0. The Bertz CT molecular complexity index is 601. The van der Waals surface area contributed by atoms with Gasteiger partial charge in [-0.2, -0.15) is 0 Å². The molecule has 0 fully saturated rings. The predicted octanol–water partition coefficient (Wildman–Crippen LogP) is 3.34. The summed E-state index contributed by atoms with van der Waals surface area (Å²) in [6.07, 6.45) is 9.10. The Kier molecular flexibility index (Phi) is 2.18. The van der Waals surface area contributed by atoms with Crippen LogP contribution in [0.4, 0.5) is 0 Å². The van der Waals surface area contributed by atoms with Gasteiger partial charge in [0.1, 0.15) is 11.9 Å². The molecule has 1 aromatic carbocycles. The van der Waals surface area contributed by atoms with Gasteiger partial charge in [0.05, 0.1) is 0 Å². The normalized spacial score (nSPS) is 27.4. The Morgan fingerprint density at radius 1 is 1.22 bits per heavy atom. The summed E-state index contributed by atoms with van der Waals surface area (Å²) >= 11 is 1.78. The molecule has 0 bridgehead atoms. The Labute approximate surface area is 110 Å². The lowest BCUT2D eigenvalue weighted by Crippen LogP contribution is -2.15. The number of hydrogen-bond donors (Lipinski definition) is 0. The fourth-order valence-electron chi connectivity index (χ4n) is 2.79. The Morgan fingerprint density at radius 2 is 2.11 bits per heavy atom. The molecule has 0 radical (unpaired) electrons. The number of rotatable bonds is 0. The van der Waals surface area contributed by atoms with Crippen molar-refractivity contribution in [3.63, 3.8) is 0 Å². The molecule has 0 saturated heterocycles. The fourth-order valence-corrected chi connectivity index (χ4v) is 3.84. The lowest BCUT2D eigenvalue weighted by atomic mass is 9.91. The molecule has 0 N–H and O–H groups in total. The molecule has 3 aliphatic rings. The molecule has 2 unspecified atom stereocenters. The van der Waals surface area contributed by atoms with Gasteiger partial charge in [-0.15, -0.1) is 11.8 Å². The van der Waals surface area contributed by atoms with Crippen molar-refractivity contribution in [2.75, 3.05) is 5.75 Å². The van der Waals surface area contributed by atoms with Gasteiger partial charge in [-0.3, -0.25) is 4.79 Å². The van der Waals surface area contributed by atoms with Gasteiger partial charge in [0, 0.05) is 34.1 Å². The molecule has 0 amide bonds. The van der Waals surface area contributed by atoms with Crippen LogP contribution >= 0.6 is 11.8 Å². The molecule has 2 atom stereocenters. The van der Waals surface area contributed by atoms with E-state index in [1.165, 1.54) is 5.56 Å². The van der Waals surface area contributed by atoms with Crippen molar-refractivity contribution in [3.05, 3.63) is 47.6 Å². The number of benzene rings is 1. The Hall–Kier alpha value is -1.48. The van der Waals surface area contributed by atoms with Crippen molar-refractivity contribution in [1.82, 2.24) is 0 Å². The van der Waals surface area contributed by atoms with Crippen LogP contribution in [0.25, 0.3) is 0 Å². The SMILES string of the molecule is O=C1CCSc2cc3c(cc21)OC1C=CC=CC31. The zero-order chi connectivity index (χ0) is 12.1. The molecule has 0 spiro atoms.